The van der Waals surface area contributed by atoms with Crippen molar-refractivity contribution >= 4 is 25.6 Å². The Balaban J connectivity index is 3.06. The summed E-state index contributed by atoms with van der Waals surface area (Å²) in [5.74, 6) is -1.19. The van der Waals surface area contributed by atoms with Gasteiger partial charge in [0.1, 0.15) is 6.10 Å². The smallest absolute Gasteiger partial charge is 0.462 e. The molecule has 1 aliphatic carbocycles. The number of rotatable bonds is 6. The molecule has 14 heteroatoms. The zero-order chi connectivity index (χ0) is 22.1. The average molecular weight is 462 g/mol. The Labute approximate surface area is 158 Å². The maximum absolute atomic E-state index is 12.7. The number of hydrogen-bond acceptors (Lipinski definition) is 6. The lowest BCUT2D eigenvalue weighted by atomic mass is 9.83. The summed E-state index contributed by atoms with van der Waals surface area (Å²) < 4.78 is 123. The highest BCUT2D eigenvalue weighted by atomic mass is 32.3. The van der Waals surface area contributed by atoms with Gasteiger partial charge in [0.25, 0.3) is 19.7 Å². The molecular weight excluding hydrogens is 442 g/mol. The number of alkyl halides is 6. The van der Waals surface area contributed by atoms with Gasteiger partial charge in [-0.25, -0.2) is 16.8 Å². The number of sulfone groups is 2. The molecular formula is C14H20F6O6S2. The third-order valence-corrected chi connectivity index (χ3v) is 9.11. The molecule has 0 amide bonds. The second-order valence-electron chi connectivity index (χ2n) is 6.85. The van der Waals surface area contributed by atoms with Crippen LogP contribution in [0.3, 0.4) is 0 Å². The van der Waals surface area contributed by atoms with E-state index in [0.29, 0.717) is 31.6 Å². The van der Waals surface area contributed by atoms with E-state index in [-0.39, 0.29) is 0 Å². The first-order valence-corrected chi connectivity index (χ1v) is 11.3. The summed E-state index contributed by atoms with van der Waals surface area (Å²) in [4.78, 5) is 12.0. The van der Waals surface area contributed by atoms with E-state index in [1.807, 2.05) is 6.92 Å². The van der Waals surface area contributed by atoms with Gasteiger partial charge in [-0.2, -0.15) is 26.3 Å². The number of esters is 1. The average Bonchev–Trinajstić information content (AvgIpc) is 2.50. The summed E-state index contributed by atoms with van der Waals surface area (Å²) in [5, 5.41) is 0. The number of carbonyl (C=O) groups excluding carboxylic acids is 1. The molecule has 1 atom stereocenters. The molecule has 0 N–H and O–H groups in total. The van der Waals surface area contributed by atoms with Crippen molar-refractivity contribution in [3.8, 4) is 0 Å². The fraction of sp³-hybridized carbons (Fsp3) is 0.929. The molecule has 0 aromatic heterocycles. The van der Waals surface area contributed by atoms with E-state index in [2.05, 4.69) is 0 Å². The van der Waals surface area contributed by atoms with Gasteiger partial charge < -0.3 is 4.74 Å². The Morgan fingerprint density at radius 1 is 0.929 bits per heavy atom. The SMILES string of the molecule is CC1CCC(C(=O)OC(C)CC(S(=O)(=O)C(F)(F)F)S(=O)(=O)C(F)(F)F)CC1. The largest absolute Gasteiger partial charge is 0.498 e. The van der Waals surface area contributed by atoms with Crippen molar-refractivity contribution < 1.29 is 52.7 Å². The van der Waals surface area contributed by atoms with Gasteiger partial charge in [0.05, 0.1) is 5.92 Å². The highest BCUT2D eigenvalue weighted by Gasteiger charge is 2.63. The van der Waals surface area contributed by atoms with Crippen molar-refractivity contribution in [2.45, 2.75) is 67.7 Å². The zero-order valence-corrected chi connectivity index (χ0v) is 16.5. The number of ether oxygens (including phenoxy) is 1. The van der Waals surface area contributed by atoms with Gasteiger partial charge in [0.15, 0.2) is 4.58 Å². The summed E-state index contributed by atoms with van der Waals surface area (Å²) in [5.41, 5.74) is -12.5. The lowest BCUT2D eigenvalue weighted by Crippen LogP contribution is -2.46. The Kier molecular flexibility index (Phi) is 7.46. The second kappa shape index (κ2) is 8.36. The van der Waals surface area contributed by atoms with Crippen LogP contribution in [0, 0.1) is 11.8 Å². The number of carbonyl (C=O) groups is 1. The third kappa shape index (κ3) is 5.51. The molecule has 166 valence electrons. The standard InChI is InChI=1S/C14H20F6O6S2/c1-8-3-5-10(6-4-8)12(21)26-9(2)7-11(27(22,23)13(15,16)17)28(24,25)14(18,19)20/h8-11H,3-7H2,1-2H3. The first kappa shape index (κ1) is 25.0. The van der Waals surface area contributed by atoms with Crippen molar-refractivity contribution in [2.24, 2.45) is 11.8 Å². The minimum Gasteiger partial charge on any atom is -0.462 e. The van der Waals surface area contributed by atoms with Crippen LogP contribution in [0.4, 0.5) is 26.3 Å². The Morgan fingerprint density at radius 3 is 1.68 bits per heavy atom. The van der Waals surface area contributed by atoms with E-state index in [4.69, 9.17) is 4.74 Å². The van der Waals surface area contributed by atoms with Crippen molar-refractivity contribution in [3.05, 3.63) is 0 Å². The summed E-state index contributed by atoms with van der Waals surface area (Å²) in [6, 6.07) is 0. The van der Waals surface area contributed by atoms with E-state index in [1.165, 1.54) is 0 Å². The molecule has 1 rings (SSSR count). The van der Waals surface area contributed by atoms with Crippen LogP contribution in [0.2, 0.25) is 0 Å². The molecule has 1 aliphatic rings. The van der Waals surface area contributed by atoms with E-state index >= 15 is 0 Å². The van der Waals surface area contributed by atoms with Crippen LogP contribution in [0.5, 0.6) is 0 Å². The van der Waals surface area contributed by atoms with Crippen LogP contribution in [0.25, 0.3) is 0 Å². The number of halogens is 6. The molecule has 0 bridgehead atoms. The van der Waals surface area contributed by atoms with Crippen molar-refractivity contribution in [1.29, 1.82) is 0 Å². The molecule has 0 aromatic rings. The second-order valence-corrected chi connectivity index (χ2v) is 11.4. The quantitative estimate of drug-likeness (QED) is 0.444. The topological polar surface area (TPSA) is 94.6 Å². The van der Waals surface area contributed by atoms with Crippen LogP contribution >= 0.6 is 0 Å². The molecule has 1 fully saturated rings. The Hall–Kier alpha value is -1.05. The molecule has 0 heterocycles. The van der Waals surface area contributed by atoms with E-state index in [0.717, 1.165) is 6.92 Å². The van der Waals surface area contributed by atoms with Gasteiger partial charge in [0.2, 0.25) is 0 Å². The first-order chi connectivity index (χ1) is 12.4. The predicted molar refractivity (Wildman–Crippen MR) is 85.0 cm³/mol. The predicted octanol–water partition coefficient (Wildman–Crippen LogP) is 3.33. The van der Waals surface area contributed by atoms with Gasteiger partial charge in [0, 0.05) is 6.42 Å². The van der Waals surface area contributed by atoms with Gasteiger partial charge in [-0.1, -0.05) is 6.92 Å². The Bertz CT molecular complexity index is 719. The van der Waals surface area contributed by atoms with Gasteiger partial charge in [-0.15, -0.1) is 0 Å². The van der Waals surface area contributed by atoms with Gasteiger partial charge in [-0.05, 0) is 38.5 Å². The summed E-state index contributed by atoms with van der Waals surface area (Å²) in [6.45, 7) is 2.78. The molecule has 0 aliphatic heterocycles. The zero-order valence-electron chi connectivity index (χ0n) is 14.9. The normalized spacial score (nSPS) is 23.5. The van der Waals surface area contributed by atoms with Gasteiger partial charge >= 0.3 is 17.0 Å². The van der Waals surface area contributed by atoms with E-state index in [9.17, 15) is 48.0 Å². The lowest BCUT2D eigenvalue weighted by molar-refractivity contribution is -0.154. The summed E-state index contributed by atoms with van der Waals surface area (Å²) in [6.07, 6.45) is -1.36. The van der Waals surface area contributed by atoms with Crippen LogP contribution in [0.15, 0.2) is 0 Å². The minimum atomic E-state index is -6.74. The van der Waals surface area contributed by atoms with Crippen LogP contribution < -0.4 is 0 Å². The van der Waals surface area contributed by atoms with E-state index < -0.39 is 59.7 Å². The molecule has 6 nitrogen and oxygen atoms in total. The highest BCUT2D eigenvalue weighted by molar-refractivity contribution is 8.09. The van der Waals surface area contributed by atoms with Crippen molar-refractivity contribution in [3.63, 3.8) is 0 Å². The van der Waals surface area contributed by atoms with Crippen molar-refractivity contribution in [2.75, 3.05) is 0 Å². The maximum atomic E-state index is 12.7. The molecule has 1 unspecified atom stereocenters. The lowest BCUT2D eigenvalue weighted by Gasteiger charge is -2.27. The van der Waals surface area contributed by atoms with Crippen LogP contribution in [0.1, 0.15) is 46.0 Å². The third-order valence-electron chi connectivity index (χ3n) is 4.53. The fourth-order valence-electron chi connectivity index (χ4n) is 2.83. The molecule has 28 heavy (non-hydrogen) atoms. The molecule has 0 radical (unpaired) electrons. The molecule has 0 spiro atoms. The summed E-state index contributed by atoms with van der Waals surface area (Å²) >= 11 is 0. The van der Waals surface area contributed by atoms with Gasteiger partial charge in [-0.3, -0.25) is 4.79 Å². The van der Waals surface area contributed by atoms with Crippen LogP contribution in [-0.4, -0.2) is 44.5 Å². The number of hydrogen-bond donors (Lipinski definition) is 0. The highest BCUT2D eigenvalue weighted by Crippen LogP contribution is 2.38. The van der Waals surface area contributed by atoms with Crippen LogP contribution in [-0.2, 0) is 29.2 Å². The minimum absolute atomic E-state index is 0.347. The van der Waals surface area contributed by atoms with E-state index in [1.54, 1.807) is 0 Å². The monoisotopic (exact) mass is 462 g/mol. The Morgan fingerprint density at radius 2 is 1.32 bits per heavy atom. The summed E-state index contributed by atoms with van der Waals surface area (Å²) in [7, 11) is -13.5. The molecule has 0 saturated heterocycles. The maximum Gasteiger partial charge on any atom is 0.498 e. The first-order valence-electron chi connectivity index (χ1n) is 8.22. The van der Waals surface area contributed by atoms with Crippen molar-refractivity contribution in [1.82, 2.24) is 0 Å². The molecule has 1 saturated carbocycles. The fourth-order valence-corrected chi connectivity index (χ4v) is 6.46. The molecule has 0 aromatic carbocycles.